The van der Waals surface area contributed by atoms with E-state index < -0.39 is 0 Å². The van der Waals surface area contributed by atoms with E-state index in [1.165, 1.54) is 0 Å². The Balaban J connectivity index is 0. The first-order valence-electron chi connectivity index (χ1n) is 3.31. The maximum Gasteiger partial charge on any atom is 0.0645 e. The molecule has 0 bridgehead atoms. The Morgan fingerprint density at radius 2 is 2.09 bits per heavy atom. The van der Waals surface area contributed by atoms with Crippen LogP contribution in [0.15, 0.2) is 0 Å². The monoisotopic (exact) mass is 161 g/mol. The third-order valence-corrected chi connectivity index (χ3v) is 0.577. The highest BCUT2D eigenvalue weighted by atomic mass is 16.5. The van der Waals surface area contributed by atoms with Gasteiger partial charge in [-0.15, -0.1) is 5.59 Å². The zero-order valence-electron chi connectivity index (χ0n) is 6.83. The summed E-state index contributed by atoms with van der Waals surface area (Å²) in [6, 6.07) is 2.05. The van der Waals surface area contributed by atoms with Crippen LogP contribution in [-0.2, 0) is 0 Å². The summed E-state index contributed by atoms with van der Waals surface area (Å²) in [5.41, 5.74) is 4.33. The molecule has 0 radical (unpaired) electrons. The van der Waals surface area contributed by atoms with E-state index in [1.54, 1.807) is 6.07 Å². The van der Waals surface area contributed by atoms with Crippen LogP contribution < -0.4 is 11.0 Å². The molecular weight excluding hydrogens is 146 g/mol. The van der Waals surface area contributed by atoms with Crippen molar-refractivity contribution in [1.29, 1.82) is 5.26 Å². The lowest BCUT2D eigenvalue weighted by Gasteiger charge is -2.01. The highest BCUT2D eigenvalue weighted by Gasteiger charge is 1.82. The zero-order valence-corrected chi connectivity index (χ0v) is 6.83. The molecule has 0 aromatic carbocycles. The van der Waals surface area contributed by atoms with E-state index >= 15 is 0 Å². The minimum absolute atomic E-state index is 0.0174. The topological polar surface area (TPSA) is 88.3 Å². The summed E-state index contributed by atoms with van der Waals surface area (Å²) in [6.45, 7) is 3.82. The standard InChI is InChI=1S/C3H10N2O.C3H5NO/c1-3(2)4-5-6;4-2-1-3-5/h3-6H,1-2H3;5H,1,3H2. The normalized spacial score (nSPS) is 8.36. The molecule has 0 rings (SSSR count). The second-order valence-electron chi connectivity index (χ2n) is 2.04. The quantitative estimate of drug-likeness (QED) is 0.429. The third kappa shape index (κ3) is 26.7. The molecule has 5 nitrogen and oxygen atoms in total. The van der Waals surface area contributed by atoms with Crippen LogP contribution in [0.5, 0.6) is 0 Å². The van der Waals surface area contributed by atoms with Gasteiger partial charge in [0.1, 0.15) is 0 Å². The van der Waals surface area contributed by atoms with Gasteiger partial charge in [-0.1, -0.05) is 0 Å². The van der Waals surface area contributed by atoms with Gasteiger partial charge in [0.05, 0.1) is 19.1 Å². The van der Waals surface area contributed by atoms with E-state index in [0.29, 0.717) is 0 Å². The second kappa shape index (κ2) is 12.0. The largest absolute Gasteiger partial charge is 0.395 e. The molecule has 0 aliphatic heterocycles. The summed E-state index contributed by atoms with van der Waals surface area (Å²) < 4.78 is 0. The molecule has 0 aromatic heterocycles. The van der Waals surface area contributed by atoms with Crippen molar-refractivity contribution in [3.63, 3.8) is 0 Å². The number of hydrogen-bond acceptors (Lipinski definition) is 5. The van der Waals surface area contributed by atoms with E-state index in [9.17, 15) is 0 Å². The van der Waals surface area contributed by atoms with Crippen LogP contribution in [-0.4, -0.2) is 23.0 Å². The van der Waals surface area contributed by atoms with Gasteiger partial charge < -0.3 is 10.3 Å². The molecule has 0 heterocycles. The molecule has 0 aliphatic carbocycles. The van der Waals surface area contributed by atoms with Crippen molar-refractivity contribution < 1.29 is 10.3 Å². The number of hydrazine groups is 1. The first-order valence-corrected chi connectivity index (χ1v) is 3.31. The maximum absolute atomic E-state index is 7.88. The molecule has 4 N–H and O–H groups in total. The molecule has 0 fully saturated rings. The van der Waals surface area contributed by atoms with Gasteiger partial charge >= 0.3 is 0 Å². The Morgan fingerprint density at radius 1 is 1.55 bits per heavy atom. The van der Waals surface area contributed by atoms with E-state index in [0.717, 1.165) is 0 Å². The molecule has 0 saturated heterocycles. The van der Waals surface area contributed by atoms with Crippen LogP contribution in [0.25, 0.3) is 0 Å². The molecule has 66 valence electrons. The van der Waals surface area contributed by atoms with Gasteiger partial charge in [-0.05, 0) is 13.8 Å². The lowest BCUT2D eigenvalue weighted by molar-refractivity contribution is 0.110. The third-order valence-electron chi connectivity index (χ3n) is 0.577. The van der Waals surface area contributed by atoms with Crippen molar-refractivity contribution in [2.24, 2.45) is 0 Å². The number of nitrogens with zero attached hydrogens (tertiary/aromatic N) is 1. The number of hydrogen-bond donors (Lipinski definition) is 4. The Labute approximate surface area is 66.6 Å². The molecule has 11 heavy (non-hydrogen) atoms. The molecule has 0 saturated carbocycles. The minimum Gasteiger partial charge on any atom is -0.395 e. The van der Waals surface area contributed by atoms with Gasteiger partial charge in [0.15, 0.2) is 0 Å². The fourth-order valence-corrected chi connectivity index (χ4v) is 0.179. The molecular formula is C6H15N3O2. The zero-order chi connectivity index (χ0) is 9.11. The van der Waals surface area contributed by atoms with Crippen molar-refractivity contribution in [3.8, 4) is 6.07 Å². The average molecular weight is 161 g/mol. The number of aliphatic hydroxyl groups excluding tert-OH is 1. The van der Waals surface area contributed by atoms with Crippen LogP contribution in [0.2, 0.25) is 0 Å². The van der Waals surface area contributed by atoms with Gasteiger partial charge in [0.25, 0.3) is 0 Å². The predicted octanol–water partition coefficient (Wildman–Crippen LogP) is -0.229. The fourth-order valence-electron chi connectivity index (χ4n) is 0.179. The summed E-state index contributed by atoms with van der Waals surface area (Å²) in [6.07, 6.45) is 0.250. The van der Waals surface area contributed by atoms with Crippen molar-refractivity contribution in [2.45, 2.75) is 26.3 Å². The molecule has 0 unspecified atom stereocenters. The molecule has 0 atom stereocenters. The first-order chi connectivity index (χ1) is 5.18. The summed E-state index contributed by atoms with van der Waals surface area (Å²) >= 11 is 0. The van der Waals surface area contributed by atoms with Crippen LogP contribution in [0.1, 0.15) is 20.3 Å². The van der Waals surface area contributed by atoms with Gasteiger partial charge in [-0.2, -0.15) is 5.26 Å². The van der Waals surface area contributed by atoms with Crippen LogP contribution in [0.4, 0.5) is 0 Å². The van der Waals surface area contributed by atoms with Gasteiger partial charge in [0, 0.05) is 6.04 Å². The van der Waals surface area contributed by atoms with Gasteiger partial charge in [-0.25, -0.2) is 5.43 Å². The summed E-state index contributed by atoms with van der Waals surface area (Å²) in [4.78, 5) is 0. The summed E-state index contributed by atoms with van der Waals surface area (Å²) in [5.74, 6) is 0. The van der Waals surface area contributed by atoms with E-state index in [-0.39, 0.29) is 19.1 Å². The number of nitriles is 1. The maximum atomic E-state index is 7.88. The van der Waals surface area contributed by atoms with Crippen LogP contribution >= 0.6 is 0 Å². The highest BCUT2D eigenvalue weighted by Crippen LogP contribution is 1.66. The molecule has 0 amide bonds. The molecule has 0 aliphatic rings. The van der Waals surface area contributed by atoms with E-state index in [4.69, 9.17) is 15.6 Å². The van der Waals surface area contributed by atoms with Crippen molar-refractivity contribution in [2.75, 3.05) is 6.61 Å². The molecule has 5 heteroatoms. The van der Waals surface area contributed by atoms with Crippen LogP contribution in [0.3, 0.4) is 0 Å². The Morgan fingerprint density at radius 3 is 2.09 bits per heavy atom. The van der Waals surface area contributed by atoms with E-state index in [1.807, 2.05) is 19.4 Å². The Hall–Kier alpha value is -0.670. The Kier molecular flexibility index (Phi) is 14.2. The number of aliphatic hydroxyl groups is 1. The number of rotatable bonds is 3. The lowest BCUT2D eigenvalue weighted by atomic mass is 10.4. The highest BCUT2D eigenvalue weighted by molar-refractivity contribution is 4.65. The summed E-state index contributed by atoms with van der Waals surface area (Å²) in [5, 5.41) is 23.4. The predicted molar refractivity (Wildman–Crippen MR) is 40.5 cm³/mol. The fraction of sp³-hybridized carbons (Fsp3) is 0.833. The van der Waals surface area contributed by atoms with Crippen LogP contribution in [0, 0.1) is 11.3 Å². The van der Waals surface area contributed by atoms with Gasteiger partial charge in [0.2, 0.25) is 0 Å². The SMILES string of the molecule is CC(C)NNO.N#CCCO. The Bertz CT molecular complexity index is 100. The first kappa shape index (κ1) is 13.0. The average Bonchev–Trinajstić information content (AvgIpc) is 1.90. The molecule has 0 aromatic rings. The lowest BCUT2D eigenvalue weighted by Crippen LogP contribution is -2.34. The summed E-state index contributed by atoms with van der Waals surface area (Å²) in [7, 11) is 0. The smallest absolute Gasteiger partial charge is 0.0645 e. The van der Waals surface area contributed by atoms with Gasteiger partial charge in [-0.3, -0.25) is 0 Å². The second-order valence-corrected chi connectivity index (χ2v) is 2.04. The van der Waals surface area contributed by atoms with Crippen molar-refractivity contribution in [1.82, 2.24) is 11.0 Å². The van der Waals surface area contributed by atoms with E-state index in [2.05, 4.69) is 5.43 Å². The minimum atomic E-state index is -0.0174. The number of nitrogens with one attached hydrogen (secondary N) is 2. The van der Waals surface area contributed by atoms with Crippen molar-refractivity contribution in [3.05, 3.63) is 0 Å². The molecule has 0 spiro atoms. The van der Waals surface area contributed by atoms with Crippen molar-refractivity contribution >= 4 is 0 Å².